The van der Waals surface area contributed by atoms with E-state index in [4.69, 9.17) is 9.47 Å². The minimum Gasteiger partial charge on any atom is -0.482 e. The zero-order chi connectivity index (χ0) is 20.7. The number of carbonyl (C=O) groups is 3. The molecule has 28 heavy (non-hydrogen) atoms. The fourth-order valence-electron chi connectivity index (χ4n) is 2.12. The maximum Gasteiger partial charge on any atom is 0.344 e. The predicted octanol–water partition coefficient (Wildman–Crippen LogP) is 1.85. The van der Waals surface area contributed by atoms with Gasteiger partial charge in [0.25, 0.3) is 5.91 Å². The van der Waals surface area contributed by atoms with E-state index in [1.165, 1.54) is 31.2 Å². The Morgan fingerprint density at radius 2 is 1.68 bits per heavy atom. The fraction of sp³-hybridized carbons (Fsp3) is 0.211. The number of esters is 1. The quantitative estimate of drug-likeness (QED) is 0.526. The monoisotopic (exact) mass is 405 g/mol. The number of ether oxygens (including phenoxy) is 2. The van der Waals surface area contributed by atoms with Crippen LogP contribution in [0.2, 0.25) is 0 Å². The Labute approximate surface area is 162 Å². The first-order valence-corrected chi connectivity index (χ1v) is 10.0. The number of benzene rings is 2. The highest BCUT2D eigenvalue weighted by molar-refractivity contribution is 7.90. The maximum absolute atomic E-state index is 11.8. The molecule has 1 N–H and O–H groups in total. The number of ketones is 1. The van der Waals surface area contributed by atoms with E-state index in [-0.39, 0.29) is 16.4 Å². The van der Waals surface area contributed by atoms with Crippen LogP contribution in [-0.4, -0.2) is 45.5 Å². The molecule has 9 heteroatoms. The summed E-state index contributed by atoms with van der Waals surface area (Å²) in [4.78, 5) is 34.8. The third-order valence-corrected chi connectivity index (χ3v) is 4.64. The van der Waals surface area contributed by atoms with Crippen molar-refractivity contribution in [2.75, 3.05) is 24.8 Å². The third-order valence-electron chi connectivity index (χ3n) is 3.53. The lowest BCUT2D eigenvalue weighted by molar-refractivity contribution is -0.149. The third kappa shape index (κ3) is 6.51. The lowest BCUT2D eigenvalue weighted by Gasteiger charge is -2.09. The van der Waals surface area contributed by atoms with Crippen molar-refractivity contribution in [2.24, 2.45) is 0 Å². The molecule has 2 rings (SSSR count). The zero-order valence-electron chi connectivity index (χ0n) is 15.3. The second-order valence-corrected chi connectivity index (χ2v) is 7.89. The number of Topliss-reactive ketones (excluding diaryl/α,β-unsaturated/α-hetero) is 1. The number of rotatable bonds is 8. The van der Waals surface area contributed by atoms with Crippen LogP contribution in [-0.2, 0) is 24.2 Å². The highest BCUT2D eigenvalue weighted by atomic mass is 32.2. The first kappa shape index (κ1) is 21.1. The van der Waals surface area contributed by atoms with E-state index in [1.807, 2.05) is 0 Å². The van der Waals surface area contributed by atoms with Crippen molar-refractivity contribution in [3.8, 4) is 5.75 Å². The van der Waals surface area contributed by atoms with Crippen LogP contribution in [0.4, 0.5) is 5.69 Å². The number of nitrogens with one attached hydrogen (secondary N) is 1. The molecule has 0 radical (unpaired) electrons. The van der Waals surface area contributed by atoms with E-state index >= 15 is 0 Å². The second kappa shape index (κ2) is 9.14. The molecule has 2 aromatic rings. The van der Waals surface area contributed by atoms with Crippen LogP contribution in [0.3, 0.4) is 0 Å². The van der Waals surface area contributed by atoms with Crippen LogP contribution in [0.15, 0.2) is 53.4 Å². The first-order valence-electron chi connectivity index (χ1n) is 8.14. The van der Waals surface area contributed by atoms with Gasteiger partial charge in [-0.2, -0.15) is 0 Å². The van der Waals surface area contributed by atoms with Gasteiger partial charge in [0.05, 0.1) is 4.90 Å². The van der Waals surface area contributed by atoms with Crippen LogP contribution in [0.25, 0.3) is 0 Å². The average molecular weight is 405 g/mol. The standard InChI is InChI=1S/C19H19NO7S/c1-13(21)14-6-8-16(9-7-14)26-12-19(23)27-11-18(22)20-15-4-3-5-17(10-15)28(2,24)25/h3-10H,11-12H2,1-2H3,(H,20,22). The van der Waals surface area contributed by atoms with Crippen molar-refractivity contribution < 1.29 is 32.3 Å². The molecule has 8 nitrogen and oxygen atoms in total. The highest BCUT2D eigenvalue weighted by Gasteiger charge is 2.11. The normalized spacial score (nSPS) is 10.8. The Bertz CT molecular complexity index is 982. The van der Waals surface area contributed by atoms with Crippen LogP contribution in [0.5, 0.6) is 5.75 Å². The van der Waals surface area contributed by atoms with Gasteiger partial charge in [0.2, 0.25) is 0 Å². The molecule has 148 valence electrons. The molecule has 0 fully saturated rings. The van der Waals surface area contributed by atoms with E-state index in [1.54, 1.807) is 24.3 Å². The molecule has 0 aliphatic heterocycles. The largest absolute Gasteiger partial charge is 0.482 e. The van der Waals surface area contributed by atoms with Gasteiger partial charge in [0.15, 0.2) is 28.8 Å². The Morgan fingerprint density at radius 1 is 1.00 bits per heavy atom. The highest BCUT2D eigenvalue weighted by Crippen LogP contribution is 2.15. The number of hydrogen-bond donors (Lipinski definition) is 1. The summed E-state index contributed by atoms with van der Waals surface area (Å²) in [6.45, 7) is 0.487. The van der Waals surface area contributed by atoms with Crippen molar-refractivity contribution in [3.05, 3.63) is 54.1 Å². The molecule has 0 saturated carbocycles. The molecule has 0 aliphatic rings. The van der Waals surface area contributed by atoms with Gasteiger partial charge in [-0.05, 0) is 49.4 Å². The molecule has 0 bridgehead atoms. The Balaban J connectivity index is 1.79. The van der Waals surface area contributed by atoms with Gasteiger partial charge in [-0.1, -0.05) is 6.07 Å². The summed E-state index contributed by atoms with van der Waals surface area (Å²) in [6, 6.07) is 12.0. The molecule has 0 heterocycles. The van der Waals surface area contributed by atoms with E-state index in [9.17, 15) is 22.8 Å². The summed E-state index contributed by atoms with van der Waals surface area (Å²) in [6.07, 6.45) is 1.06. The summed E-state index contributed by atoms with van der Waals surface area (Å²) in [5, 5.41) is 2.45. The van der Waals surface area contributed by atoms with Crippen molar-refractivity contribution >= 4 is 33.2 Å². The van der Waals surface area contributed by atoms with Crippen molar-refractivity contribution in [3.63, 3.8) is 0 Å². The second-order valence-electron chi connectivity index (χ2n) is 5.88. The van der Waals surface area contributed by atoms with Crippen LogP contribution in [0, 0.1) is 0 Å². The van der Waals surface area contributed by atoms with Crippen LogP contribution < -0.4 is 10.1 Å². The fourth-order valence-corrected chi connectivity index (χ4v) is 2.78. The average Bonchev–Trinajstić information content (AvgIpc) is 2.64. The van der Waals surface area contributed by atoms with Crippen LogP contribution >= 0.6 is 0 Å². The molecule has 0 atom stereocenters. The van der Waals surface area contributed by atoms with Gasteiger partial charge in [0.1, 0.15) is 5.75 Å². The molecule has 1 amide bonds. The maximum atomic E-state index is 11.8. The Morgan fingerprint density at radius 3 is 2.29 bits per heavy atom. The van der Waals surface area contributed by atoms with Gasteiger partial charge in [-0.25, -0.2) is 13.2 Å². The SMILES string of the molecule is CC(=O)c1ccc(OCC(=O)OCC(=O)Nc2cccc(S(C)(=O)=O)c2)cc1. The van der Waals surface area contributed by atoms with Gasteiger partial charge in [0, 0.05) is 17.5 Å². The topological polar surface area (TPSA) is 116 Å². The Kier molecular flexibility index (Phi) is 6.89. The van der Waals surface area contributed by atoms with Gasteiger partial charge in [-0.15, -0.1) is 0 Å². The number of amides is 1. The summed E-state index contributed by atoms with van der Waals surface area (Å²) in [7, 11) is -3.40. The van der Waals surface area contributed by atoms with Crippen LogP contribution in [0.1, 0.15) is 17.3 Å². The van der Waals surface area contributed by atoms with Crippen molar-refractivity contribution in [2.45, 2.75) is 11.8 Å². The predicted molar refractivity (Wildman–Crippen MR) is 101 cm³/mol. The van der Waals surface area contributed by atoms with Crippen molar-refractivity contribution in [1.29, 1.82) is 0 Å². The van der Waals surface area contributed by atoms with Gasteiger partial charge < -0.3 is 14.8 Å². The van der Waals surface area contributed by atoms with E-state index in [0.29, 0.717) is 11.3 Å². The molecule has 0 aliphatic carbocycles. The summed E-state index contributed by atoms with van der Waals surface area (Å²) in [5.41, 5.74) is 0.789. The summed E-state index contributed by atoms with van der Waals surface area (Å²) >= 11 is 0. The van der Waals surface area contributed by atoms with Crippen molar-refractivity contribution in [1.82, 2.24) is 0 Å². The molecular formula is C19H19NO7S. The summed E-state index contributed by atoms with van der Waals surface area (Å²) < 4.78 is 33.1. The molecule has 0 unspecified atom stereocenters. The van der Waals surface area contributed by atoms with E-state index in [2.05, 4.69) is 5.32 Å². The number of sulfone groups is 1. The minimum atomic E-state index is -3.40. The first-order chi connectivity index (χ1) is 13.1. The molecule has 0 saturated heterocycles. The Hall–Kier alpha value is -3.20. The van der Waals surface area contributed by atoms with E-state index < -0.39 is 34.9 Å². The molecular weight excluding hydrogens is 386 g/mol. The van der Waals surface area contributed by atoms with E-state index in [0.717, 1.165) is 6.26 Å². The number of anilines is 1. The minimum absolute atomic E-state index is 0.0616. The number of hydrogen-bond acceptors (Lipinski definition) is 7. The lowest BCUT2D eigenvalue weighted by Crippen LogP contribution is -2.23. The smallest absolute Gasteiger partial charge is 0.344 e. The molecule has 2 aromatic carbocycles. The zero-order valence-corrected chi connectivity index (χ0v) is 16.1. The molecule has 0 spiro atoms. The van der Waals surface area contributed by atoms with Gasteiger partial charge >= 0.3 is 5.97 Å². The molecule has 0 aromatic heterocycles. The van der Waals surface area contributed by atoms with Gasteiger partial charge in [-0.3, -0.25) is 9.59 Å². The summed E-state index contributed by atoms with van der Waals surface area (Å²) in [5.74, 6) is -1.08. The lowest BCUT2D eigenvalue weighted by atomic mass is 10.1. The number of carbonyl (C=O) groups excluding carboxylic acids is 3.